The van der Waals surface area contributed by atoms with Crippen LogP contribution in [0.4, 0.5) is 5.82 Å². The first-order valence-electron chi connectivity index (χ1n) is 5.92. The van der Waals surface area contributed by atoms with Crippen LogP contribution in [0.1, 0.15) is 11.8 Å². The molecule has 5 nitrogen and oxygen atoms in total. The Morgan fingerprint density at radius 2 is 2.26 bits per heavy atom. The SMILES string of the molecule is CCc1cc2c(N(C)CC(=O)NC)nc(Cl)nc2s1. The monoisotopic (exact) mass is 298 g/mol. The van der Waals surface area contributed by atoms with Gasteiger partial charge in [-0.1, -0.05) is 6.92 Å². The molecule has 0 spiro atoms. The summed E-state index contributed by atoms with van der Waals surface area (Å²) in [7, 11) is 3.43. The molecule has 102 valence electrons. The number of nitrogens with one attached hydrogen (secondary N) is 1. The second-order valence-corrected chi connectivity index (χ2v) is 5.58. The molecule has 2 aromatic heterocycles. The number of likely N-dealkylation sites (N-methyl/N-ethyl adjacent to an activating group) is 2. The van der Waals surface area contributed by atoms with Crippen molar-refractivity contribution in [3.8, 4) is 0 Å². The van der Waals surface area contributed by atoms with E-state index in [4.69, 9.17) is 11.6 Å². The fourth-order valence-electron chi connectivity index (χ4n) is 1.77. The smallest absolute Gasteiger partial charge is 0.239 e. The fraction of sp³-hybridized carbons (Fsp3) is 0.417. The lowest BCUT2D eigenvalue weighted by Crippen LogP contribution is -2.33. The number of fused-ring (bicyclic) bond motifs is 1. The van der Waals surface area contributed by atoms with Crippen molar-refractivity contribution in [2.75, 3.05) is 25.5 Å². The minimum Gasteiger partial charge on any atom is -0.358 e. The van der Waals surface area contributed by atoms with Gasteiger partial charge in [0, 0.05) is 19.0 Å². The second kappa shape index (κ2) is 5.71. The Morgan fingerprint density at radius 1 is 1.53 bits per heavy atom. The number of nitrogens with zero attached hydrogens (tertiary/aromatic N) is 3. The Balaban J connectivity index is 2.45. The predicted octanol–water partition coefficient (Wildman–Crippen LogP) is 2.09. The molecule has 0 aliphatic carbocycles. The van der Waals surface area contributed by atoms with E-state index in [1.54, 1.807) is 23.3 Å². The maximum Gasteiger partial charge on any atom is 0.239 e. The van der Waals surface area contributed by atoms with Crippen LogP contribution < -0.4 is 10.2 Å². The number of hydrogen-bond acceptors (Lipinski definition) is 5. The normalized spacial score (nSPS) is 10.7. The van der Waals surface area contributed by atoms with Gasteiger partial charge in [0.05, 0.1) is 11.9 Å². The zero-order valence-corrected chi connectivity index (χ0v) is 12.6. The quantitative estimate of drug-likeness (QED) is 0.878. The van der Waals surface area contributed by atoms with Crippen molar-refractivity contribution in [2.24, 2.45) is 0 Å². The van der Waals surface area contributed by atoms with Gasteiger partial charge in [0.25, 0.3) is 0 Å². The minimum atomic E-state index is -0.0728. The molecule has 19 heavy (non-hydrogen) atoms. The third kappa shape index (κ3) is 2.96. The van der Waals surface area contributed by atoms with E-state index in [0.29, 0.717) is 5.82 Å². The molecule has 0 aliphatic heterocycles. The van der Waals surface area contributed by atoms with Gasteiger partial charge in [0.1, 0.15) is 10.6 Å². The number of hydrogen-bond donors (Lipinski definition) is 1. The molecule has 0 radical (unpaired) electrons. The first-order valence-corrected chi connectivity index (χ1v) is 7.12. The van der Waals surface area contributed by atoms with Gasteiger partial charge in [-0.3, -0.25) is 4.79 Å². The van der Waals surface area contributed by atoms with E-state index in [9.17, 15) is 4.79 Å². The second-order valence-electron chi connectivity index (χ2n) is 4.13. The molecule has 0 saturated heterocycles. The highest BCUT2D eigenvalue weighted by molar-refractivity contribution is 7.18. The highest BCUT2D eigenvalue weighted by Gasteiger charge is 2.15. The van der Waals surface area contributed by atoms with E-state index in [-0.39, 0.29) is 17.7 Å². The van der Waals surface area contributed by atoms with Crippen LogP contribution in [0.25, 0.3) is 10.2 Å². The predicted molar refractivity (Wildman–Crippen MR) is 79.1 cm³/mol. The molecule has 0 unspecified atom stereocenters. The van der Waals surface area contributed by atoms with Crippen LogP contribution in [-0.4, -0.2) is 36.5 Å². The molecular formula is C12H15ClN4OS. The van der Waals surface area contributed by atoms with Crippen molar-refractivity contribution in [3.05, 3.63) is 16.2 Å². The van der Waals surface area contributed by atoms with Gasteiger partial charge < -0.3 is 10.2 Å². The highest BCUT2D eigenvalue weighted by atomic mass is 35.5. The van der Waals surface area contributed by atoms with E-state index in [0.717, 1.165) is 16.6 Å². The van der Waals surface area contributed by atoms with E-state index >= 15 is 0 Å². The molecule has 0 atom stereocenters. The van der Waals surface area contributed by atoms with E-state index < -0.39 is 0 Å². The summed E-state index contributed by atoms with van der Waals surface area (Å²) in [6.45, 7) is 2.32. The van der Waals surface area contributed by atoms with Crippen molar-refractivity contribution in [2.45, 2.75) is 13.3 Å². The molecule has 1 amide bonds. The van der Waals surface area contributed by atoms with Gasteiger partial charge in [-0.15, -0.1) is 11.3 Å². The Kier molecular flexibility index (Phi) is 4.21. The lowest BCUT2D eigenvalue weighted by atomic mass is 10.3. The van der Waals surface area contributed by atoms with Gasteiger partial charge in [-0.05, 0) is 24.1 Å². The van der Waals surface area contributed by atoms with Gasteiger partial charge in [0.2, 0.25) is 11.2 Å². The lowest BCUT2D eigenvalue weighted by molar-refractivity contribution is -0.119. The third-order valence-electron chi connectivity index (χ3n) is 2.77. The Bertz CT molecular complexity index is 613. The van der Waals surface area contributed by atoms with Crippen LogP contribution >= 0.6 is 22.9 Å². The topological polar surface area (TPSA) is 58.1 Å². The molecule has 0 fully saturated rings. The van der Waals surface area contributed by atoms with Crippen molar-refractivity contribution >= 4 is 44.9 Å². The van der Waals surface area contributed by atoms with Crippen LogP contribution in [0.3, 0.4) is 0 Å². The largest absolute Gasteiger partial charge is 0.358 e. The summed E-state index contributed by atoms with van der Waals surface area (Å²) in [4.78, 5) is 23.8. The van der Waals surface area contributed by atoms with Crippen LogP contribution in [0.15, 0.2) is 6.07 Å². The molecule has 7 heteroatoms. The molecule has 0 aliphatic rings. The summed E-state index contributed by atoms with van der Waals surface area (Å²) in [5, 5.41) is 3.74. The molecule has 2 heterocycles. The number of rotatable bonds is 4. The Hall–Kier alpha value is -1.40. The molecule has 0 saturated carbocycles. The van der Waals surface area contributed by atoms with Crippen molar-refractivity contribution in [1.29, 1.82) is 0 Å². The van der Waals surface area contributed by atoms with Crippen LogP contribution in [0.2, 0.25) is 5.28 Å². The number of carbonyl (C=O) groups excluding carboxylic acids is 1. The van der Waals surface area contributed by atoms with Crippen LogP contribution in [-0.2, 0) is 11.2 Å². The Morgan fingerprint density at radius 3 is 2.89 bits per heavy atom. The average molecular weight is 299 g/mol. The van der Waals surface area contributed by atoms with Crippen molar-refractivity contribution in [1.82, 2.24) is 15.3 Å². The number of aryl methyl sites for hydroxylation is 1. The van der Waals surface area contributed by atoms with Gasteiger partial charge in [-0.25, -0.2) is 4.98 Å². The Labute approximate surface area is 120 Å². The molecule has 0 aromatic carbocycles. The summed E-state index contributed by atoms with van der Waals surface area (Å²) >= 11 is 7.55. The number of aromatic nitrogens is 2. The van der Waals surface area contributed by atoms with Gasteiger partial charge in [-0.2, -0.15) is 4.98 Å². The first kappa shape index (κ1) is 14.0. The lowest BCUT2D eigenvalue weighted by Gasteiger charge is -2.17. The molecule has 2 aromatic rings. The van der Waals surface area contributed by atoms with E-state index in [1.165, 1.54) is 4.88 Å². The number of anilines is 1. The van der Waals surface area contributed by atoms with Crippen molar-refractivity contribution in [3.63, 3.8) is 0 Å². The molecule has 0 bridgehead atoms. The number of halogens is 1. The first-order chi connectivity index (χ1) is 9.05. The molecular weight excluding hydrogens is 284 g/mol. The van der Waals surface area contributed by atoms with Gasteiger partial charge >= 0.3 is 0 Å². The summed E-state index contributed by atoms with van der Waals surface area (Å²) in [6, 6.07) is 2.06. The summed E-state index contributed by atoms with van der Waals surface area (Å²) in [5.41, 5.74) is 0. The maximum atomic E-state index is 11.5. The number of amides is 1. The summed E-state index contributed by atoms with van der Waals surface area (Å²) in [6.07, 6.45) is 0.942. The van der Waals surface area contributed by atoms with Crippen LogP contribution in [0.5, 0.6) is 0 Å². The van der Waals surface area contributed by atoms with E-state index in [1.807, 2.05) is 7.05 Å². The van der Waals surface area contributed by atoms with Gasteiger partial charge in [0.15, 0.2) is 0 Å². The number of carbonyl (C=O) groups is 1. The van der Waals surface area contributed by atoms with Crippen molar-refractivity contribution < 1.29 is 4.79 Å². The van der Waals surface area contributed by atoms with Crippen LogP contribution in [0, 0.1) is 0 Å². The van der Waals surface area contributed by atoms with E-state index in [2.05, 4.69) is 28.3 Å². The maximum absolute atomic E-state index is 11.5. The summed E-state index contributed by atoms with van der Waals surface area (Å²) < 4.78 is 0. The minimum absolute atomic E-state index is 0.0728. The molecule has 2 rings (SSSR count). The highest BCUT2D eigenvalue weighted by Crippen LogP contribution is 2.31. The fourth-order valence-corrected chi connectivity index (χ4v) is 2.94. The number of thiophene rings is 1. The summed E-state index contributed by atoms with van der Waals surface area (Å²) in [5.74, 6) is 0.617. The zero-order valence-electron chi connectivity index (χ0n) is 11.0. The zero-order chi connectivity index (χ0) is 14.0. The third-order valence-corrected chi connectivity index (χ3v) is 4.11. The average Bonchev–Trinajstić information content (AvgIpc) is 2.80. The molecule has 1 N–H and O–H groups in total. The standard InChI is InChI=1S/C12H15ClN4OS/c1-4-7-5-8-10(17(3)6-9(18)14-2)15-12(13)16-11(8)19-7/h5H,4,6H2,1-3H3,(H,14,18).